The maximum atomic E-state index is 12.4. The first-order valence-electron chi connectivity index (χ1n) is 9.06. The van der Waals surface area contributed by atoms with Crippen LogP contribution in [0.2, 0.25) is 0 Å². The Kier molecular flexibility index (Phi) is 9.92. The predicted octanol–water partition coefficient (Wildman–Crippen LogP) is -0.223. The van der Waals surface area contributed by atoms with Crippen LogP contribution in [0.4, 0.5) is 0 Å². The molecule has 1 aliphatic rings. The molecule has 1 saturated heterocycles. The third-order valence-corrected chi connectivity index (χ3v) is 4.36. The van der Waals surface area contributed by atoms with Crippen molar-refractivity contribution in [2.75, 3.05) is 67.5 Å². The molecule has 0 spiro atoms. The molecule has 0 saturated carbocycles. The summed E-state index contributed by atoms with van der Waals surface area (Å²) in [4.78, 5) is 47.1. The van der Waals surface area contributed by atoms with Gasteiger partial charge in [0.2, 0.25) is 11.8 Å². The third-order valence-electron chi connectivity index (χ3n) is 4.36. The lowest BCUT2D eigenvalue weighted by Crippen LogP contribution is -2.54. The molecule has 10 nitrogen and oxygen atoms in total. The average molecular weight is 520 g/mol. The Morgan fingerprint density at radius 3 is 2.14 bits per heavy atom. The molecule has 0 radical (unpaired) electrons. The van der Waals surface area contributed by atoms with Crippen LogP contribution in [0, 0.1) is 0 Å². The summed E-state index contributed by atoms with van der Waals surface area (Å²) in [5, 5.41) is 3.03. The van der Waals surface area contributed by atoms with E-state index >= 15 is 0 Å². The zero-order valence-corrected chi connectivity index (χ0v) is 19.6. The lowest BCUT2D eigenvalue weighted by Gasteiger charge is -2.36. The third kappa shape index (κ3) is 7.22. The number of halogens is 1. The maximum absolute atomic E-state index is 12.4. The number of hydrogen-bond acceptors (Lipinski definition) is 5. The maximum Gasteiger partial charge on any atom is 0.289 e. The predicted molar refractivity (Wildman–Crippen MR) is 119 cm³/mol. The van der Waals surface area contributed by atoms with Crippen LogP contribution in [-0.2, 0) is 9.59 Å². The molecule has 0 aliphatic carbocycles. The van der Waals surface area contributed by atoms with Gasteiger partial charge in [-0.15, -0.1) is 24.0 Å². The van der Waals surface area contributed by atoms with E-state index in [1.165, 1.54) is 16.1 Å². The molecule has 0 atom stereocenters. The molecule has 2 heterocycles. The summed E-state index contributed by atoms with van der Waals surface area (Å²) in [6, 6.07) is 3.32. The van der Waals surface area contributed by atoms with Crippen molar-refractivity contribution in [3.63, 3.8) is 0 Å². The van der Waals surface area contributed by atoms with E-state index in [0.717, 1.165) is 0 Å². The fourth-order valence-electron chi connectivity index (χ4n) is 2.54. The first-order chi connectivity index (χ1) is 13.3. The zero-order chi connectivity index (χ0) is 20.7. The summed E-state index contributed by atoms with van der Waals surface area (Å²) in [6.45, 7) is 2.10. The van der Waals surface area contributed by atoms with Crippen LogP contribution in [0.5, 0.6) is 0 Å². The molecular weight excluding hydrogens is 491 g/mol. The van der Waals surface area contributed by atoms with Gasteiger partial charge in [-0.3, -0.25) is 14.4 Å². The van der Waals surface area contributed by atoms with Crippen LogP contribution in [0.25, 0.3) is 0 Å². The minimum Gasteiger partial charge on any atom is -0.459 e. The molecule has 1 fully saturated rings. The van der Waals surface area contributed by atoms with Crippen molar-refractivity contribution < 1.29 is 18.8 Å². The summed E-state index contributed by atoms with van der Waals surface area (Å²) in [7, 11) is 6.68. The number of carbonyl (C=O) groups excluding carboxylic acids is 3. The first-order valence-corrected chi connectivity index (χ1v) is 9.06. The average Bonchev–Trinajstić information content (AvgIpc) is 3.21. The summed E-state index contributed by atoms with van der Waals surface area (Å²) in [5.41, 5.74) is 0. The van der Waals surface area contributed by atoms with E-state index in [1.54, 1.807) is 45.2 Å². The van der Waals surface area contributed by atoms with Gasteiger partial charge in [-0.1, -0.05) is 0 Å². The summed E-state index contributed by atoms with van der Waals surface area (Å²) in [5.74, 6) is 0.411. The second kappa shape index (κ2) is 11.6. The molecule has 1 aromatic rings. The van der Waals surface area contributed by atoms with Gasteiger partial charge in [-0.25, -0.2) is 4.99 Å². The van der Waals surface area contributed by atoms with Gasteiger partial charge in [0, 0.05) is 54.4 Å². The Labute approximate surface area is 187 Å². The Morgan fingerprint density at radius 1 is 1.03 bits per heavy atom. The SMILES string of the molecule is CN(C)C(=O)CN=C(NCC(=O)N(C)C)N1CCN(C(=O)c2ccco2)CC1.I. The molecule has 1 aromatic heterocycles. The summed E-state index contributed by atoms with van der Waals surface area (Å²) in [6.07, 6.45) is 1.47. The van der Waals surface area contributed by atoms with Crippen LogP contribution in [-0.4, -0.2) is 111 Å². The summed E-state index contributed by atoms with van der Waals surface area (Å²) < 4.78 is 5.17. The lowest BCUT2D eigenvalue weighted by molar-refractivity contribution is -0.127. The van der Waals surface area contributed by atoms with E-state index in [9.17, 15) is 14.4 Å². The van der Waals surface area contributed by atoms with Gasteiger partial charge in [0.25, 0.3) is 5.91 Å². The van der Waals surface area contributed by atoms with Crippen LogP contribution in [0.3, 0.4) is 0 Å². The number of hydrogen-bond donors (Lipinski definition) is 1. The van der Waals surface area contributed by atoms with Crippen molar-refractivity contribution in [2.24, 2.45) is 4.99 Å². The van der Waals surface area contributed by atoms with E-state index in [-0.39, 0.29) is 54.8 Å². The highest BCUT2D eigenvalue weighted by Gasteiger charge is 2.25. The number of piperazine rings is 1. The second-order valence-corrected chi connectivity index (χ2v) is 6.83. The van der Waals surface area contributed by atoms with Crippen LogP contribution in [0.1, 0.15) is 10.6 Å². The topological polar surface area (TPSA) is 102 Å². The van der Waals surface area contributed by atoms with Crippen molar-refractivity contribution in [3.05, 3.63) is 24.2 Å². The highest BCUT2D eigenvalue weighted by Crippen LogP contribution is 2.09. The van der Waals surface area contributed by atoms with Gasteiger partial charge in [0.05, 0.1) is 12.8 Å². The van der Waals surface area contributed by atoms with Gasteiger partial charge in [-0.05, 0) is 12.1 Å². The van der Waals surface area contributed by atoms with Crippen molar-refractivity contribution in [2.45, 2.75) is 0 Å². The number of aliphatic imine (C=N–C) groups is 1. The fraction of sp³-hybridized carbons (Fsp3) is 0.556. The number of furan rings is 1. The molecular formula is C18H29IN6O4. The number of carbonyl (C=O) groups is 3. The Bertz CT molecular complexity index is 712. The van der Waals surface area contributed by atoms with Crippen LogP contribution >= 0.6 is 24.0 Å². The number of likely N-dealkylation sites (N-methyl/N-ethyl adjacent to an activating group) is 2. The van der Waals surface area contributed by atoms with Crippen LogP contribution < -0.4 is 5.32 Å². The monoisotopic (exact) mass is 520 g/mol. The standard InChI is InChI=1S/C18H28N6O4.HI/c1-21(2)15(25)12-19-18(20-13-16(26)22(3)4)24-9-7-23(8-10-24)17(27)14-6-5-11-28-14;/h5-6,11H,7-10,12-13H2,1-4H3,(H,19,20);1H. The lowest BCUT2D eigenvalue weighted by atomic mass is 10.3. The minimum absolute atomic E-state index is 0. The largest absolute Gasteiger partial charge is 0.459 e. The van der Waals surface area contributed by atoms with Crippen LogP contribution in [0.15, 0.2) is 27.8 Å². The van der Waals surface area contributed by atoms with Gasteiger partial charge in [0.15, 0.2) is 11.7 Å². The number of amides is 3. The van der Waals surface area contributed by atoms with E-state index in [4.69, 9.17) is 4.42 Å². The number of rotatable bonds is 5. The highest BCUT2D eigenvalue weighted by molar-refractivity contribution is 14.0. The molecule has 29 heavy (non-hydrogen) atoms. The van der Waals surface area contributed by atoms with Gasteiger partial charge >= 0.3 is 0 Å². The van der Waals surface area contributed by atoms with E-state index < -0.39 is 0 Å². The van der Waals surface area contributed by atoms with E-state index in [1.807, 2.05) is 4.90 Å². The van der Waals surface area contributed by atoms with Crippen molar-refractivity contribution in [3.8, 4) is 0 Å². The number of guanidine groups is 1. The number of nitrogens with zero attached hydrogens (tertiary/aromatic N) is 5. The molecule has 0 bridgehead atoms. The number of nitrogens with one attached hydrogen (secondary N) is 1. The normalized spacial score (nSPS) is 14.1. The molecule has 162 valence electrons. The van der Waals surface area contributed by atoms with Gasteiger partial charge in [0.1, 0.15) is 6.54 Å². The highest BCUT2D eigenvalue weighted by atomic mass is 127. The van der Waals surface area contributed by atoms with E-state index in [0.29, 0.717) is 37.9 Å². The fourth-order valence-corrected chi connectivity index (χ4v) is 2.54. The smallest absolute Gasteiger partial charge is 0.289 e. The molecule has 11 heteroatoms. The summed E-state index contributed by atoms with van der Waals surface area (Å²) >= 11 is 0. The molecule has 2 rings (SSSR count). The molecule has 1 aliphatic heterocycles. The molecule has 3 amide bonds. The second-order valence-electron chi connectivity index (χ2n) is 6.83. The van der Waals surface area contributed by atoms with Crippen molar-refractivity contribution in [1.29, 1.82) is 0 Å². The Morgan fingerprint density at radius 2 is 1.62 bits per heavy atom. The van der Waals surface area contributed by atoms with Gasteiger partial charge in [-0.2, -0.15) is 0 Å². The first kappa shape index (κ1) is 24.7. The molecule has 1 N–H and O–H groups in total. The quantitative estimate of drug-likeness (QED) is 0.327. The molecule has 0 unspecified atom stereocenters. The minimum atomic E-state index is -0.151. The van der Waals surface area contributed by atoms with Crippen molar-refractivity contribution in [1.82, 2.24) is 24.9 Å². The van der Waals surface area contributed by atoms with E-state index in [2.05, 4.69) is 10.3 Å². The Hall–Kier alpha value is -2.31. The van der Waals surface area contributed by atoms with Crippen molar-refractivity contribution >= 4 is 47.7 Å². The molecule has 0 aromatic carbocycles. The van der Waals surface area contributed by atoms with Gasteiger partial charge < -0.3 is 29.3 Å². The zero-order valence-electron chi connectivity index (χ0n) is 17.3. The Balaban J connectivity index is 0.00000420.